The Bertz CT molecular complexity index is 413. The molecule has 0 saturated carbocycles. The van der Waals surface area contributed by atoms with Crippen LogP contribution in [0.4, 0.5) is 0 Å². The highest BCUT2D eigenvalue weighted by atomic mass is 16.4. The Morgan fingerprint density at radius 2 is 2.00 bits per heavy atom. The summed E-state index contributed by atoms with van der Waals surface area (Å²) in [5, 5.41) is 11.7. The molecule has 0 aliphatic heterocycles. The lowest BCUT2D eigenvalue weighted by atomic mass is 9.95. The lowest BCUT2D eigenvalue weighted by Gasteiger charge is -2.19. The highest BCUT2D eigenvalue weighted by Crippen LogP contribution is 2.12. The summed E-state index contributed by atoms with van der Waals surface area (Å²) in [4.78, 5) is 22.7. The molecule has 0 fully saturated rings. The van der Waals surface area contributed by atoms with E-state index in [1.54, 1.807) is 20.1 Å². The third-order valence-electron chi connectivity index (χ3n) is 3.35. The molecule has 3 unspecified atom stereocenters. The van der Waals surface area contributed by atoms with Gasteiger partial charge in [0, 0.05) is 18.4 Å². The first kappa shape index (κ1) is 15.3. The minimum Gasteiger partial charge on any atom is -0.481 e. The van der Waals surface area contributed by atoms with Gasteiger partial charge in [0.25, 0.3) is 0 Å². The number of hydrogen-bond acceptors (Lipinski definition) is 3. The van der Waals surface area contributed by atoms with Crippen LogP contribution in [0.15, 0.2) is 22.8 Å². The Kier molecular flexibility index (Phi) is 5.60. The lowest BCUT2D eigenvalue weighted by Crippen LogP contribution is -2.40. The maximum atomic E-state index is 11.9. The van der Waals surface area contributed by atoms with Gasteiger partial charge in [-0.3, -0.25) is 9.59 Å². The SMILES string of the molecule is CC(CCc1ccco1)NC(=O)C(C)C(C)C(=O)O. The van der Waals surface area contributed by atoms with Crippen LogP contribution in [0.5, 0.6) is 0 Å². The number of amides is 1. The first-order valence-electron chi connectivity index (χ1n) is 6.47. The van der Waals surface area contributed by atoms with E-state index in [4.69, 9.17) is 9.52 Å². The van der Waals surface area contributed by atoms with E-state index < -0.39 is 17.8 Å². The summed E-state index contributed by atoms with van der Waals surface area (Å²) in [5.74, 6) is -1.51. The number of carbonyl (C=O) groups excluding carboxylic acids is 1. The molecule has 3 atom stereocenters. The number of nitrogens with one attached hydrogen (secondary N) is 1. The average Bonchev–Trinajstić information content (AvgIpc) is 2.87. The Hall–Kier alpha value is -1.78. The molecule has 2 N–H and O–H groups in total. The molecule has 0 radical (unpaired) electrons. The summed E-state index contributed by atoms with van der Waals surface area (Å²) in [6.45, 7) is 5.08. The summed E-state index contributed by atoms with van der Waals surface area (Å²) in [6, 6.07) is 3.71. The zero-order valence-corrected chi connectivity index (χ0v) is 11.6. The Labute approximate surface area is 113 Å². The first-order chi connectivity index (χ1) is 8.91. The number of rotatable bonds is 7. The number of carboxylic acids is 1. The summed E-state index contributed by atoms with van der Waals surface area (Å²) >= 11 is 0. The van der Waals surface area contributed by atoms with E-state index in [0.29, 0.717) is 0 Å². The zero-order chi connectivity index (χ0) is 14.4. The molecule has 1 amide bonds. The first-order valence-corrected chi connectivity index (χ1v) is 6.47. The van der Waals surface area contributed by atoms with Crippen molar-refractivity contribution in [3.8, 4) is 0 Å². The molecule has 5 nitrogen and oxygen atoms in total. The van der Waals surface area contributed by atoms with Gasteiger partial charge in [0.1, 0.15) is 5.76 Å². The summed E-state index contributed by atoms with van der Waals surface area (Å²) in [7, 11) is 0. The number of carboxylic acid groups (broad SMARTS) is 1. The molecule has 1 aromatic heterocycles. The van der Waals surface area contributed by atoms with Crippen molar-refractivity contribution >= 4 is 11.9 Å². The van der Waals surface area contributed by atoms with Crippen LogP contribution in [0.25, 0.3) is 0 Å². The maximum Gasteiger partial charge on any atom is 0.307 e. The average molecular weight is 267 g/mol. The number of carbonyl (C=O) groups is 2. The van der Waals surface area contributed by atoms with Crippen molar-refractivity contribution in [2.75, 3.05) is 0 Å². The van der Waals surface area contributed by atoms with E-state index in [1.807, 2.05) is 19.1 Å². The van der Waals surface area contributed by atoms with E-state index in [0.717, 1.165) is 18.6 Å². The molecule has 1 heterocycles. The second-order valence-corrected chi connectivity index (χ2v) is 4.94. The van der Waals surface area contributed by atoms with E-state index in [-0.39, 0.29) is 11.9 Å². The third kappa shape index (κ3) is 4.77. The molecule has 19 heavy (non-hydrogen) atoms. The number of aryl methyl sites for hydroxylation is 1. The summed E-state index contributed by atoms with van der Waals surface area (Å²) in [5.41, 5.74) is 0. The molecule has 1 rings (SSSR count). The van der Waals surface area contributed by atoms with E-state index in [1.165, 1.54) is 0 Å². The van der Waals surface area contributed by atoms with Crippen LogP contribution >= 0.6 is 0 Å². The molecule has 0 aliphatic carbocycles. The Morgan fingerprint density at radius 1 is 1.32 bits per heavy atom. The van der Waals surface area contributed by atoms with Crippen LogP contribution in [0, 0.1) is 11.8 Å². The molecule has 0 aromatic carbocycles. The number of hydrogen-bond donors (Lipinski definition) is 2. The summed E-state index contributed by atoms with van der Waals surface area (Å²) < 4.78 is 5.22. The minimum atomic E-state index is -0.953. The maximum absolute atomic E-state index is 11.9. The Balaban J connectivity index is 2.37. The number of aliphatic carboxylic acids is 1. The topological polar surface area (TPSA) is 79.5 Å². The third-order valence-corrected chi connectivity index (χ3v) is 3.35. The van der Waals surface area contributed by atoms with Crippen LogP contribution in [0.2, 0.25) is 0 Å². The van der Waals surface area contributed by atoms with E-state index in [9.17, 15) is 9.59 Å². The van der Waals surface area contributed by atoms with Gasteiger partial charge in [-0.2, -0.15) is 0 Å². The van der Waals surface area contributed by atoms with Gasteiger partial charge in [-0.05, 0) is 25.5 Å². The molecule has 106 valence electrons. The molecule has 0 bridgehead atoms. The zero-order valence-electron chi connectivity index (χ0n) is 11.6. The van der Waals surface area contributed by atoms with Crippen molar-refractivity contribution in [2.45, 2.75) is 39.7 Å². The smallest absolute Gasteiger partial charge is 0.307 e. The fraction of sp³-hybridized carbons (Fsp3) is 0.571. The number of furan rings is 1. The predicted molar refractivity (Wildman–Crippen MR) is 70.6 cm³/mol. The molecule has 5 heteroatoms. The van der Waals surface area contributed by atoms with Crippen LogP contribution in [-0.2, 0) is 16.0 Å². The summed E-state index contributed by atoms with van der Waals surface area (Å²) in [6.07, 6.45) is 3.12. The van der Waals surface area contributed by atoms with Gasteiger partial charge in [-0.25, -0.2) is 0 Å². The van der Waals surface area contributed by atoms with Crippen molar-refractivity contribution in [1.82, 2.24) is 5.32 Å². The minimum absolute atomic E-state index is 0.0129. The largest absolute Gasteiger partial charge is 0.481 e. The molecular weight excluding hydrogens is 246 g/mol. The van der Waals surface area contributed by atoms with Crippen LogP contribution in [0.3, 0.4) is 0 Å². The fourth-order valence-electron chi connectivity index (χ4n) is 1.70. The highest BCUT2D eigenvalue weighted by Gasteiger charge is 2.26. The van der Waals surface area contributed by atoms with E-state index >= 15 is 0 Å². The Morgan fingerprint density at radius 3 is 2.53 bits per heavy atom. The van der Waals surface area contributed by atoms with Gasteiger partial charge in [-0.15, -0.1) is 0 Å². The van der Waals surface area contributed by atoms with Crippen LogP contribution in [-0.4, -0.2) is 23.0 Å². The predicted octanol–water partition coefficient (Wildman–Crippen LogP) is 2.07. The van der Waals surface area contributed by atoms with Gasteiger partial charge in [0.05, 0.1) is 12.2 Å². The second-order valence-electron chi connectivity index (χ2n) is 4.94. The van der Waals surface area contributed by atoms with Gasteiger partial charge in [0.15, 0.2) is 0 Å². The van der Waals surface area contributed by atoms with E-state index in [2.05, 4.69) is 5.32 Å². The van der Waals surface area contributed by atoms with Gasteiger partial charge < -0.3 is 14.8 Å². The molecule has 0 aliphatic rings. The van der Waals surface area contributed by atoms with Crippen molar-refractivity contribution in [1.29, 1.82) is 0 Å². The van der Waals surface area contributed by atoms with Gasteiger partial charge in [-0.1, -0.05) is 13.8 Å². The molecule has 0 saturated heterocycles. The molecule has 0 spiro atoms. The van der Waals surface area contributed by atoms with Crippen molar-refractivity contribution < 1.29 is 19.1 Å². The van der Waals surface area contributed by atoms with Crippen molar-refractivity contribution in [3.63, 3.8) is 0 Å². The quantitative estimate of drug-likeness (QED) is 0.792. The molecule has 1 aromatic rings. The van der Waals surface area contributed by atoms with Gasteiger partial charge in [0.2, 0.25) is 5.91 Å². The van der Waals surface area contributed by atoms with Crippen molar-refractivity contribution in [3.05, 3.63) is 24.2 Å². The van der Waals surface area contributed by atoms with Crippen molar-refractivity contribution in [2.24, 2.45) is 11.8 Å². The normalized spacial score (nSPS) is 15.5. The monoisotopic (exact) mass is 267 g/mol. The standard InChI is InChI=1S/C14H21NO4/c1-9(6-7-12-5-4-8-19-12)15-13(16)10(2)11(3)14(17)18/h4-5,8-11H,6-7H2,1-3H3,(H,15,16)(H,17,18). The highest BCUT2D eigenvalue weighted by molar-refractivity contribution is 5.84. The molecular formula is C14H21NO4. The van der Waals surface area contributed by atoms with Crippen LogP contribution < -0.4 is 5.32 Å². The lowest BCUT2D eigenvalue weighted by molar-refractivity contribution is -0.146. The van der Waals surface area contributed by atoms with Gasteiger partial charge >= 0.3 is 5.97 Å². The fourth-order valence-corrected chi connectivity index (χ4v) is 1.70. The van der Waals surface area contributed by atoms with Crippen LogP contribution in [0.1, 0.15) is 33.0 Å². The second kappa shape index (κ2) is 6.97.